The molecule has 1 saturated heterocycles. The molecule has 3 aromatic rings. The largest absolute Gasteiger partial charge is 0.496 e. The predicted octanol–water partition coefficient (Wildman–Crippen LogP) is 5.54. The van der Waals surface area contributed by atoms with Crippen molar-refractivity contribution >= 4 is 57.8 Å². The first-order valence-electron chi connectivity index (χ1n) is 11.5. The Balaban J connectivity index is 1.64. The van der Waals surface area contributed by atoms with Crippen molar-refractivity contribution in [3.63, 3.8) is 0 Å². The van der Waals surface area contributed by atoms with Gasteiger partial charge in [0.1, 0.15) is 17.3 Å². The number of carbonyl (C=O) groups is 3. The first kappa shape index (κ1) is 26.2. The molecule has 190 valence electrons. The molecule has 0 aliphatic carbocycles. The van der Waals surface area contributed by atoms with Gasteiger partial charge >= 0.3 is 5.97 Å². The number of hydrogen-bond donors (Lipinski definition) is 1. The van der Waals surface area contributed by atoms with Crippen LogP contribution in [0, 0.1) is 0 Å². The van der Waals surface area contributed by atoms with Gasteiger partial charge in [0.25, 0.3) is 11.8 Å². The van der Waals surface area contributed by atoms with Gasteiger partial charge in [0, 0.05) is 24.7 Å². The van der Waals surface area contributed by atoms with Crippen LogP contribution in [-0.4, -0.2) is 52.3 Å². The maximum atomic E-state index is 13.3. The molecule has 1 aliphatic rings. The van der Waals surface area contributed by atoms with Crippen LogP contribution in [0.2, 0.25) is 0 Å². The van der Waals surface area contributed by atoms with Crippen molar-refractivity contribution in [2.45, 2.75) is 13.8 Å². The van der Waals surface area contributed by atoms with Crippen LogP contribution in [0.15, 0.2) is 63.9 Å². The average Bonchev–Trinajstić information content (AvgIpc) is 3.47. The van der Waals surface area contributed by atoms with E-state index in [1.165, 1.54) is 24.1 Å². The molecule has 1 fully saturated rings. The lowest BCUT2D eigenvalue weighted by molar-refractivity contribution is -0.113. The highest BCUT2D eigenvalue weighted by Gasteiger charge is 2.34. The summed E-state index contributed by atoms with van der Waals surface area (Å²) in [6.07, 6.45) is 1.60. The number of methoxy groups -OCH3 is 1. The number of aromatic carboxylic acids is 1. The minimum absolute atomic E-state index is 0.115. The van der Waals surface area contributed by atoms with Gasteiger partial charge in [0.05, 0.1) is 28.8 Å². The number of anilines is 1. The highest BCUT2D eigenvalue weighted by atomic mass is 32.2. The molecular weight excluding hydrogens is 512 g/mol. The van der Waals surface area contributed by atoms with E-state index in [2.05, 4.69) is 0 Å². The van der Waals surface area contributed by atoms with Gasteiger partial charge in [0.15, 0.2) is 4.32 Å². The first-order valence-corrected chi connectivity index (χ1v) is 12.7. The van der Waals surface area contributed by atoms with Gasteiger partial charge < -0.3 is 19.2 Å². The van der Waals surface area contributed by atoms with E-state index in [4.69, 9.17) is 26.5 Å². The van der Waals surface area contributed by atoms with E-state index >= 15 is 0 Å². The molecule has 2 heterocycles. The summed E-state index contributed by atoms with van der Waals surface area (Å²) in [6.45, 7) is 4.94. The van der Waals surface area contributed by atoms with Crippen LogP contribution < -0.4 is 9.64 Å². The molecule has 1 aliphatic heterocycles. The summed E-state index contributed by atoms with van der Waals surface area (Å²) >= 11 is 6.53. The second-order valence-electron chi connectivity index (χ2n) is 7.93. The number of ether oxygens (including phenoxy) is 1. The third-order valence-corrected chi connectivity index (χ3v) is 7.14. The summed E-state index contributed by atoms with van der Waals surface area (Å²) in [4.78, 5) is 40.9. The molecule has 0 bridgehead atoms. The van der Waals surface area contributed by atoms with Crippen LogP contribution >= 0.6 is 24.0 Å². The van der Waals surface area contributed by atoms with Crippen molar-refractivity contribution in [2.24, 2.45) is 0 Å². The highest BCUT2D eigenvalue weighted by Crippen LogP contribution is 2.38. The molecule has 1 aromatic heterocycles. The Labute approximate surface area is 223 Å². The number of benzene rings is 2. The van der Waals surface area contributed by atoms with E-state index in [0.717, 1.165) is 11.8 Å². The van der Waals surface area contributed by atoms with Crippen molar-refractivity contribution in [2.75, 3.05) is 25.1 Å². The van der Waals surface area contributed by atoms with Crippen LogP contribution in [0.3, 0.4) is 0 Å². The van der Waals surface area contributed by atoms with E-state index in [9.17, 15) is 14.4 Å². The quantitative estimate of drug-likeness (QED) is 0.296. The Hall–Kier alpha value is -3.89. The van der Waals surface area contributed by atoms with Crippen LogP contribution in [0.4, 0.5) is 5.69 Å². The number of hydrogen-bond acceptors (Lipinski definition) is 7. The highest BCUT2D eigenvalue weighted by molar-refractivity contribution is 8.27. The van der Waals surface area contributed by atoms with E-state index in [1.54, 1.807) is 53.4 Å². The zero-order valence-corrected chi connectivity index (χ0v) is 22.0. The number of thiocarbonyl (C=S) groups is 1. The molecule has 37 heavy (non-hydrogen) atoms. The number of carbonyl (C=O) groups excluding carboxylic acids is 2. The smallest absolute Gasteiger partial charge is 0.335 e. The number of furan rings is 1. The first-order chi connectivity index (χ1) is 17.8. The summed E-state index contributed by atoms with van der Waals surface area (Å²) < 4.78 is 11.8. The molecule has 0 unspecified atom stereocenters. The summed E-state index contributed by atoms with van der Waals surface area (Å²) in [5.74, 6) is -0.230. The van der Waals surface area contributed by atoms with Gasteiger partial charge in [0.2, 0.25) is 0 Å². The Morgan fingerprint density at radius 1 is 1.11 bits per heavy atom. The van der Waals surface area contributed by atoms with Gasteiger partial charge in [-0.25, -0.2) is 4.79 Å². The number of amides is 2. The van der Waals surface area contributed by atoms with Crippen molar-refractivity contribution in [3.05, 3.63) is 76.4 Å². The SMILES string of the molecule is CCN(CC)C(=O)c1c(OC)cccc1-c1ccc(C=C2SC(=S)N(c3ccc(C(=O)O)cc3)C2=O)o1. The maximum absolute atomic E-state index is 13.3. The van der Waals surface area contributed by atoms with Gasteiger partial charge in [-0.3, -0.25) is 14.5 Å². The van der Waals surface area contributed by atoms with Crippen molar-refractivity contribution in [1.82, 2.24) is 4.90 Å². The number of nitrogens with zero attached hydrogens (tertiary/aromatic N) is 2. The molecule has 0 spiro atoms. The average molecular weight is 537 g/mol. The topological polar surface area (TPSA) is 100 Å². The monoisotopic (exact) mass is 536 g/mol. The minimum atomic E-state index is -1.05. The summed E-state index contributed by atoms with van der Waals surface area (Å²) in [5.41, 5.74) is 1.59. The lowest BCUT2D eigenvalue weighted by Crippen LogP contribution is -2.31. The van der Waals surface area contributed by atoms with E-state index in [0.29, 0.717) is 56.4 Å². The van der Waals surface area contributed by atoms with Gasteiger partial charge in [-0.15, -0.1) is 0 Å². The molecule has 1 N–H and O–H groups in total. The lowest BCUT2D eigenvalue weighted by Gasteiger charge is -2.21. The van der Waals surface area contributed by atoms with E-state index < -0.39 is 5.97 Å². The van der Waals surface area contributed by atoms with Crippen molar-refractivity contribution in [3.8, 4) is 17.1 Å². The maximum Gasteiger partial charge on any atom is 0.335 e. The molecule has 4 rings (SSSR count). The summed E-state index contributed by atoms with van der Waals surface area (Å²) in [7, 11) is 1.52. The third-order valence-electron chi connectivity index (χ3n) is 5.84. The van der Waals surface area contributed by atoms with E-state index in [-0.39, 0.29) is 17.4 Å². The Morgan fingerprint density at radius 2 is 1.81 bits per heavy atom. The molecular formula is C27H24N2O6S2. The van der Waals surface area contributed by atoms with Gasteiger partial charge in [-0.05, 0) is 56.3 Å². The summed E-state index contributed by atoms with van der Waals surface area (Å²) in [6, 6.07) is 14.7. The molecule has 2 amide bonds. The fourth-order valence-electron chi connectivity index (χ4n) is 3.94. The zero-order valence-electron chi connectivity index (χ0n) is 20.4. The van der Waals surface area contributed by atoms with Crippen LogP contribution in [-0.2, 0) is 4.79 Å². The zero-order chi connectivity index (χ0) is 26.7. The predicted molar refractivity (Wildman–Crippen MR) is 147 cm³/mol. The molecule has 8 nitrogen and oxygen atoms in total. The minimum Gasteiger partial charge on any atom is -0.496 e. The molecule has 2 aromatic carbocycles. The fourth-order valence-corrected chi connectivity index (χ4v) is 5.22. The van der Waals surface area contributed by atoms with Gasteiger partial charge in [-0.2, -0.15) is 0 Å². The van der Waals surface area contributed by atoms with Crippen LogP contribution in [0.1, 0.15) is 40.3 Å². The summed E-state index contributed by atoms with van der Waals surface area (Å²) in [5, 5.41) is 9.11. The Morgan fingerprint density at radius 3 is 2.43 bits per heavy atom. The van der Waals surface area contributed by atoms with Gasteiger partial charge in [-0.1, -0.05) is 36.1 Å². The lowest BCUT2D eigenvalue weighted by atomic mass is 10.0. The van der Waals surface area contributed by atoms with Crippen LogP contribution in [0.5, 0.6) is 5.75 Å². The van der Waals surface area contributed by atoms with Crippen molar-refractivity contribution in [1.29, 1.82) is 0 Å². The fraction of sp³-hybridized carbons (Fsp3) is 0.185. The second kappa shape index (κ2) is 11.0. The molecule has 0 saturated carbocycles. The Bertz CT molecular complexity index is 1410. The number of rotatable bonds is 8. The number of carboxylic acids is 1. The molecule has 0 radical (unpaired) electrons. The molecule has 0 atom stereocenters. The molecule has 10 heteroatoms. The number of thioether (sulfide) groups is 1. The standard InChI is InChI=1S/C27H24N2O6S2/c1-4-28(5-2)25(31)23-19(7-6-8-21(23)34-3)20-14-13-18(35-20)15-22-24(30)29(27(36)37-22)17-11-9-16(10-12-17)26(32)33/h6-15H,4-5H2,1-3H3,(H,32,33). The van der Waals surface area contributed by atoms with E-state index in [1.807, 2.05) is 13.8 Å². The second-order valence-corrected chi connectivity index (χ2v) is 9.61. The third kappa shape index (κ3) is 5.16. The number of carboxylic acid groups (broad SMARTS) is 1. The Kier molecular flexibility index (Phi) is 7.80. The van der Waals surface area contributed by atoms with Crippen LogP contribution in [0.25, 0.3) is 17.4 Å². The van der Waals surface area contributed by atoms with Crippen molar-refractivity contribution < 1.29 is 28.6 Å². The normalized spacial score (nSPS) is 14.4.